The number of carboxylic acid groups (broad SMARTS) is 2. The molecule has 2 aliphatic heterocycles. The first-order valence-corrected chi connectivity index (χ1v) is 12.6. The van der Waals surface area contributed by atoms with Gasteiger partial charge in [-0.15, -0.1) is 0 Å². The van der Waals surface area contributed by atoms with Crippen molar-refractivity contribution in [3.05, 3.63) is 65.2 Å². The standard InChI is InChI=1S/C22H27N3O3S.C2H2O4/c1-18-6-8-21(9-7-18)29(27,28)25-14-12-24(13-15-25)22(26)17-23-11-10-19-4-2-3-5-20(19)16-23;3-1(4)2(5)6/h2-9H,10-17H2,1H3;(H,3,4)(H,5,6). The Morgan fingerprint density at radius 1 is 0.829 bits per heavy atom. The summed E-state index contributed by atoms with van der Waals surface area (Å²) in [5.41, 5.74) is 3.69. The van der Waals surface area contributed by atoms with E-state index in [1.165, 1.54) is 15.4 Å². The Kier molecular flexibility index (Phi) is 8.60. The average molecular weight is 504 g/mol. The smallest absolute Gasteiger partial charge is 0.414 e. The molecule has 0 unspecified atom stereocenters. The molecule has 0 aliphatic carbocycles. The molecular formula is C24H29N3O7S. The van der Waals surface area contributed by atoms with Crippen LogP contribution >= 0.6 is 0 Å². The molecule has 2 N–H and O–H groups in total. The zero-order chi connectivity index (χ0) is 25.6. The van der Waals surface area contributed by atoms with Crippen LogP contribution < -0.4 is 0 Å². The van der Waals surface area contributed by atoms with E-state index in [0.29, 0.717) is 37.6 Å². The maximum absolute atomic E-state index is 12.8. The van der Waals surface area contributed by atoms with Crippen LogP contribution in [0.5, 0.6) is 0 Å². The number of fused-ring (bicyclic) bond motifs is 1. The van der Waals surface area contributed by atoms with E-state index in [4.69, 9.17) is 19.8 Å². The van der Waals surface area contributed by atoms with Crippen LogP contribution in [0.2, 0.25) is 0 Å². The Balaban J connectivity index is 0.000000509. The predicted molar refractivity (Wildman–Crippen MR) is 127 cm³/mol. The molecule has 1 saturated heterocycles. The van der Waals surface area contributed by atoms with Crippen molar-refractivity contribution in [2.75, 3.05) is 39.3 Å². The number of nitrogens with zero attached hydrogens (tertiary/aromatic N) is 3. The van der Waals surface area contributed by atoms with Gasteiger partial charge in [0.2, 0.25) is 15.9 Å². The number of carboxylic acids is 2. The first kappa shape index (κ1) is 26.3. The molecule has 1 amide bonds. The van der Waals surface area contributed by atoms with Crippen LogP contribution in [-0.4, -0.2) is 89.9 Å². The summed E-state index contributed by atoms with van der Waals surface area (Å²) in [5, 5.41) is 14.8. The Hall–Kier alpha value is -3.28. The number of piperazine rings is 1. The number of carbonyl (C=O) groups is 3. The molecule has 0 spiro atoms. The number of aryl methyl sites for hydroxylation is 1. The van der Waals surface area contributed by atoms with Gasteiger partial charge in [0, 0.05) is 39.3 Å². The van der Waals surface area contributed by atoms with Gasteiger partial charge in [0.25, 0.3) is 0 Å². The van der Waals surface area contributed by atoms with Crippen LogP contribution in [0.25, 0.3) is 0 Å². The van der Waals surface area contributed by atoms with Gasteiger partial charge in [0.05, 0.1) is 11.4 Å². The quantitative estimate of drug-likeness (QED) is 0.591. The van der Waals surface area contributed by atoms with Crippen molar-refractivity contribution in [1.29, 1.82) is 0 Å². The van der Waals surface area contributed by atoms with Crippen molar-refractivity contribution in [3.8, 4) is 0 Å². The van der Waals surface area contributed by atoms with E-state index < -0.39 is 22.0 Å². The van der Waals surface area contributed by atoms with Crippen LogP contribution in [0.4, 0.5) is 0 Å². The van der Waals surface area contributed by atoms with Crippen LogP contribution in [0.15, 0.2) is 53.4 Å². The van der Waals surface area contributed by atoms with E-state index in [1.807, 2.05) is 25.1 Å². The Bertz CT molecular complexity index is 1160. The fourth-order valence-corrected chi connectivity index (χ4v) is 5.44. The Morgan fingerprint density at radius 2 is 1.40 bits per heavy atom. The minimum absolute atomic E-state index is 0.0803. The fourth-order valence-electron chi connectivity index (χ4n) is 4.02. The lowest BCUT2D eigenvalue weighted by Gasteiger charge is -2.36. The summed E-state index contributed by atoms with van der Waals surface area (Å²) in [5.74, 6) is -3.57. The van der Waals surface area contributed by atoms with E-state index in [9.17, 15) is 13.2 Å². The molecule has 2 heterocycles. The Labute approximate surface area is 204 Å². The molecule has 4 rings (SSSR count). The summed E-state index contributed by atoms with van der Waals surface area (Å²) in [4.78, 5) is 35.2. The number of amides is 1. The summed E-state index contributed by atoms with van der Waals surface area (Å²) >= 11 is 0. The van der Waals surface area contributed by atoms with E-state index in [0.717, 1.165) is 25.1 Å². The highest BCUT2D eigenvalue weighted by Crippen LogP contribution is 2.20. The predicted octanol–water partition coefficient (Wildman–Crippen LogP) is 1.04. The first-order valence-electron chi connectivity index (χ1n) is 11.2. The van der Waals surface area contributed by atoms with Crippen LogP contribution in [0.3, 0.4) is 0 Å². The zero-order valence-corrected chi connectivity index (χ0v) is 20.3. The minimum Gasteiger partial charge on any atom is -0.473 e. The molecule has 2 aromatic rings. The fraction of sp³-hybridized carbons (Fsp3) is 0.375. The molecule has 11 heteroatoms. The summed E-state index contributed by atoms with van der Waals surface area (Å²) in [6.07, 6.45) is 0.964. The van der Waals surface area contributed by atoms with Crippen LogP contribution in [0, 0.1) is 6.92 Å². The highest BCUT2D eigenvalue weighted by Gasteiger charge is 2.30. The van der Waals surface area contributed by atoms with Gasteiger partial charge >= 0.3 is 11.9 Å². The third-order valence-corrected chi connectivity index (χ3v) is 7.91. The number of hydrogen-bond acceptors (Lipinski definition) is 6. The van der Waals surface area contributed by atoms with Crippen molar-refractivity contribution < 1.29 is 33.0 Å². The van der Waals surface area contributed by atoms with Gasteiger partial charge in [-0.1, -0.05) is 42.0 Å². The molecule has 0 bridgehead atoms. The van der Waals surface area contributed by atoms with Gasteiger partial charge in [0.1, 0.15) is 0 Å². The number of carbonyl (C=O) groups excluding carboxylic acids is 1. The molecule has 35 heavy (non-hydrogen) atoms. The molecule has 2 aliphatic rings. The second-order valence-corrected chi connectivity index (χ2v) is 10.4. The normalized spacial score (nSPS) is 16.5. The molecule has 0 radical (unpaired) electrons. The highest BCUT2D eigenvalue weighted by atomic mass is 32.2. The minimum atomic E-state index is -3.50. The molecular weight excluding hydrogens is 474 g/mol. The topological polar surface area (TPSA) is 136 Å². The summed E-state index contributed by atoms with van der Waals surface area (Å²) in [6, 6.07) is 15.3. The van der Waals surface area contributed by atoms with Crippen LogP contribution in [-0.2, 0) is 37.4 Å². The van der Waals surface area contributed by atoms with Crippen LogP contribution in [0.1, 0.15) is 16.7 Å². The molecule has 1 fully saturated rings. The number of aliphatic carboxylic acids is 2. The van der Waals surface area contributed by atoms with Gasteiger partial charge < -0.3 is 15.1 Å². The summed E-state index contributed by atoms with van der Waals surface area (Å²) in [6.45, 7) is 5.55. The van der Waals surface area contributed by atoms with E-state index in [2.05, 4.69) is 23.1 Å². The second-order valence-electron chi connectivity index (χ2n) is 8.44. The van der Waals surface area contributed by atoms with Crippen molar-refractivity contribution in [2.24, 2.45) is 0 Å². The third-order valence-electron chi connectivity index (χ3n) is 6.00. The Morgan fingerprint density at radius 3 is 1.97 bits per heavy atom. The van der Waals surface area contributed by atoms with Crippen molar-refractivity contribution >= 4 is 27.9 Å². The maximum Gasteiger partial charge on any atom is 0.414 e. The number of sulfonamides is 1. The second kappa shape index (κ2) is 11.4. The molecule has 188 valence electrons. The van der Waals surface area contributed by atoms with Gasteiger partial charge in [-0.3, -0.25) is 9.69 Å². The van der Waals surface area contributed by atoms with Gasteiger partial charge in [-0.25, -0.2) is 18.0 Å². The van der Waals surface area contributed by atoms with Crippen molar-refractivity contribution in [3.63, 3.8) is 0 Å². The maximum atomic E-state index is 12.8. The molecule has 0 atom stereocenters. The zero-order valence-electron chi connectivity index (χ0n) is 19.5. The molecule has 0 aromatic heterocycles. The molecule has 0 saturated carbocycles. The van der Waals surface area contributed by atoms with E-state index in [-0.39, 0.29) is 5.91 Å². The average Bonchev–Trinajstić information content (AvgIpc) is 2.84. The summed E-state index contributed by atoms with van der Waals surface area (Å²) in [7, 11) is -3.50. The SMILES string of the molecule is Cc1ccc(S(=O)(=O)N2CCN(C(=O)CN3CCc4ccccc4C3)CC2)cc1.O=C(O)C(=O)O. The number of benzene rings is 2. The van der Waals surface area contributed by atoms with Crippen molar-refractivity contribution in [2.45, 2.75) is 24.8 Å². The van der Waals surface area contributed by atoms with E-state index >= 15 is 0 Å². The largest absolute Gasteiger partial charge is 0.473 e. The molecule has 10 nitrogen and oxygen atoms in total. The van der Waals surface area contributed by atoms with Gasteiger partial charge in [0.15, 0.2) is 0 Å². The lowest BCUT2D eigenvalue weighted by atomic mass is 10.00. The lowest BCUT2D eigenvalue weighted by Crippen LogP contribution is -2.52. The third kappa shape index (κ3) is 6.87. The van der Waals surface area contributed by atoms with Gasteiger partial charge in [-0.2, -0.15) is 4.31 Å². The highest BCUT2D eigenvalue weighted by molar-refractivity contribution is 7.89. The molecule has 2 aromatic carbocycles. The monoisotopic (exact) mass is 503 g/mol. The van der Waals surface area contributed by atoms with Crippen molar-refractivity contribution in [1.82, 2.24) is 14.1 Å². The lowest BCUT2D eigenvalue weighted by molar-refractivity contribution is -0.159. The summed E-state index contributed by atoms with van der Waals surface area (Å²) < 4.78 is 27.1. The number of hydrogen-bond donors (Lipinski definition) is 2. The number of rotatable bonds is 4. The van der Waals surface area contributed by atoms with E-state index in [1.54, 1.807) is 17.0 Å². The van der Waals surface area contributed by atoms with Gasteiger partial charge in [-0.05, 0) is 36.6 Å². The first-order chi connectivity index (χ1) is 16.6.